The molecule has 26 heavy (non-hydrogen) atoms. The van der Waals surface area contributed by atoms with E-state index in [1.165, 1.54) is 11.9 Å². The number of hydrogen-bond acceptors (Lipinski definition) is 4. The Labute approximate surface area is 148 Å². The molecule has 0 aliphatic heterocycles. The first kappa shape index (κ1) is 17.4. The average Bonchev–Trinajstić information content (AvgIpc) is 2.67. The molecule has 3 rings (SSSR count). The van der Waals surface area contributed by atoms with Crippen LogP contribution >= 0.6 is 0 Å². The standard InChI is InChI=1S/C19H13F3N4/c1-26(15-9-7-13(11-23)8-10-15)18-16(19(20,21)22)12-24-17(25-18)14-5-3-2-4-6-14/h2-10,12H,1H3. The molecule has 0 saturated heterocycles. The first-order valence-corrected chi connectivity index (χ1v) is 7.63. The number of halogens is 3. The average molecular weight is 354 g/mol. The number of nitrogens with zero attached hydrogens (tertiary/aromatic N) is 4. The lowest BCUT2D eigenvalue weighted by atomic mass is 10.2. The number of benzene rings is 2. The quantitative estimate of drug-likeness (QED) is 0.678. The smallest absolute Gasteiger partial charge is 0.329 e. The first-order valence-electron chi connectivity index (χ1n) is 7.63. The van der Waals surface area contributed by atoms with Crippen molar-refractivity contribution in [2.75, 3.05) is 11.9 Å². The van der Waals surface area contributed by atoms with E-state index >= 15 is 0 Å². The summed E-state index contributed by atoms with van der Waals surface area (Å²) >= 11 is 0. The van der Waals surface area contributed by atoms with Gasteiger partial charge >= 0.3 is 6.18 Å². The minimum atomic E-state index is -4.59. The Kier molecular flexibility index (Phi) is 4.59. The molecule has 2 aromatic carbocycles. The third-order valence-electron chi connectivity index (χ3n) is 3.81. The van der Waals surface area contributed by atoms with Gasteiger partial charge in [0.1, 0.15) is 11.4 Å². The van der Waals surface area contributed by atoms with Crippen molar-refractivity contribution in [3.8, 4) is 17.5 Å². The van der Waals surface area contributed by atoms with Gasteiger partial charge in [0.25, 0.3) is 0 Å². The van der Waals surface area contributed by atoms with Crippen LogP contribution < -0.4 is 4.90 Å². The molecule has 1 aromatic heterocycles. The second-order valence-electron chi connectivity index (χ2n) is 5.51. The van der Waals surface area contributed by atoms with Crippen LogP contribution in [0.5, 0.6) is 0 Å². The molecule has 4 nitrogen and oxygen atoms in total. The third-order valence-corrected chi connectivity index (χ3v) is 3.81. The lowest BCUT2D eigenvalue weighted by Gasteiger charge is -2.22. The van der Waals surface area contributed by atoms with Crippen LogP contribution in [0.3, 0.4) is 0 Å². The van der Waals surface area contributed by atoms with Gasteiger partial charge in [0.05, 0.1) is 11.6 Å². The molecular weight excluding hydrogens is 341 g/mol. The van der Waals surface area contributed by atoms with Crippen molar-refractivity contribution in [1.29, 1.82) is 5.26 Å². The van der Waals surface area contributed by atoms with Crippen molar-refractivity contribution < 1.29 is 13.2 Å². The topological polar surface area (TPSA) is 52.8 Å². The Morgan fingerprint density at radius 1 is 1.00 bits per heavy atom. The van der Waals surface area contributed by atoms with Crippen LogP contribution in [0, 0.1) is 11.3 Å². The minimum absolute atomic E-state index is 0.203. The van der Waals surface area contributed by atoms with Crippen LogP contribution in [0.15, 0.2) is 60.8 Å². The molecular formula is C19H13F3N4. The zero-order valence-electron chi connectivity index (χ0n) is 13.7. The molecule has 1 heterocycles. The summed E-state index contributed by atoms with van der Waals surface area (Å²) in [5.41, 5.74) is 0.595. The summed E-state index contributed by atoms with van der Waals surface area (Å²) in [6.07, 6.45) is -3.80. The molecule has 0 bridgehead atoms. The Morgan fingerprint density at radius 3 is 2.23 bits per heavy atom. The van der Waals surface area contributed by atoms with Crippen LogP contribution in [0.4, 0.5) is 24.7 Å². The summed E-state index contributed by atoms with van der Waals surface area (Å²) < 4.78 is 40.3. The number of nitriles is 1. The van der Waals surface area contributed by atoms with Crippen molar-refractivity contribution in [2.24, 2.45) is 0 Å². The first-order chi connectivity index (χ1) is 12.4. The van der Waals surface area contributed by atoms with Gasteiger partial charge in [0, 0.05) is 24.5 Å². The molecule has 0 fully saturated rings. The number of aromatic nitrogens is 2. The lowest BCUT2D eigenvalue weighted by Crippen LogP contribution is -2.19. The van der Waals surface area contributed by atoms with Crippen LogP contribution in [-0.4, -0.2) is 17.0 Å². The van der Waals surface area contributed by atoms with Gasteiger partial charge in [0.15, 0.2) is 5.82 Å². The molecule has 0 unspecified atom stereocenters. The third kappa shape index (κ3) is 3.49. The van der Waals surface area contributed by atoms with Crippen LogP contribution in [0.2, 0.25) is 0 Å². The largest absolute Gasteiger partial charge is 0.421 e. The minimum Gasteiger partial charge on any atom is -0.329 e. The molecule has 0 radical (unpaired) electrons. The maximum atomic E-state index is 13.4. The summed E-state index contributed by atoms with van der Waals surface area (Å²) in [6, 6.07) is 17.0. The molecule has 3 aromatic rings. The second-order valence-corrected chi connectivity index (χ2v) is 5.51. The molecule has 130 valence electrons. The van der Waals surface area contributed by atoms with Gasteiger partial charge in [-0.3, -0.25) is 0 Å². The molecule has 0 N–H and O–H groups in total. The van der Waals surface area contributed by atoms with Gasteiger partial charge < -0.3 is 4.90 Å². The van der Waals surface area contributed by atoms with Crippen LogP contribution in [-0.2, 0) is 6.18 Å². The van der Waals surface area contributed by atoms with E-state index in [2.05, 4.69) is 9.97 Å². The van der Waals surface area contributed by atoms with Gasteiger partial charge in [-0.15, -0.1) is 0 Å². The highest BCUT2D eigenvalue weighted by molar-refractivity contribution is 5.66. The maximum Gasteiger partial charge on any atom is 0.421 e. The predicted molar refractivity (Wildman–Crippen MR) is 91.7 cm³/mol. The summed E-state index contributed by atoms with van der Waals surface area (Å²) in [4.78, 5) is 9.37. The molecule has 0 spiro atoms. The highest BCUT2D eigenvalue weighted by Crippen LogP contribution is 2.37. The maximum absolute atomic E-state index is 13.4. The Hall–Kier alpha value is -3.40. The summed E-state index contributed by atoms with van der Waals surface area (Å²) in [7, 11) is 1.49. The molecule has 0 saturated carbocycles. The monoisotopic (exact) mass is 354 g/mol. The zero-order valence-corrected chi connectivity index (χ0v) is 13.7. The van der Waals surface area contributed by atoms with E-state index in [1.54, 1.807) is 54.6 Å². The Bertz CT molecular complexity index is 945. The van der Waals surface area contributed by atoms with Gasteiger partial charge in [-0.05, 0) is 24.3 Å². The van der Waals surface area contributed by atoms with E-state index < -0.39 is 11.7 Å². The fourth-order valence-electron chi connectivity index (χ4n) is 2.44. The van der Waals surface area contributed by atoms with E-state index in [4.69, 9.17) is 5.26 Å². The summed E-state index contributed by atoms with van der Waals surface area (Å²) in [6.45, 7) is 0. The lowest BCUT2D eigenvalue weighted by molar-refractivity contribution is -0.137. The van der Waals surface area contributed by atoms with Crippen molar-refractivity contribution in [3.05, 3.63) is 71.9 Å². The molecule has 0 aliphatic carbocycles. The number of alkyl halides is 3. The van der Waals surface area contributed by atoms with Crippen LogP contribution in [0.25, 0.3) is 11.4 Å². The molecule has 0 aliphatic rings. The van der Waals surface area contributed by atoms with E-state index in [9.17, 15) is 13.2 Å². The fourth-order valence-corrected chi connectivity index (χ4v) is 2.44. The SMILES string of the molecule is CN(c1ccc(C#N)cc1)c1nc(-c2ccccc2)ncc1C(F)(F)F. The van der Waals surface area contributed by atoms with Gasteiger partial charge in [-0.25, -0.2) is 9.97 Å². The van der Waals surface area contributed by atoms with Gasteiger partial charge in [-0.1, -0.05) is 30.3 Å². The van der Waals surface area contributed by atoms with Crippen molar-refractivity contribution in [3.63, 3.8) is 0 Å². The summed E-state index contributed by atoms with van der Waals surface area (Å²) in [5, 5.41) is 8.86. The highest BCUT2D eigenvalue weighted by atomic mass is 19.4. The molecule has 0 atom stereocenters. The summed E-state index contributed by atoms with van der Waals surface area (Å²) in [5.74, 6) is -0.0508. The molecule has 0 amide bonds. The fraction of sp³-hybridized carbons (Fsp3) is 0.105. The van der Waals surface area contributed by atoms with Crippen LogP contribution in [0.1, 0.15) is 11.1 Å². The van der Waals surface area contributed by atoms with Crippen molar-refractivity contribution in [2.45, 2.75) is 6.18 Å². The zero-order chi connectivity index (χ0) is 18.7. The predicted octanol–water partition coefficient (Wildman–Crippen LogP) is 4.80. The normalized spacial score (nSPS) is 11.0. The van der Waals surface area contributed by atoms with Gasteiger partial charge in [0.2, 0.25) is 0 Å². The van der Waals surface area contributed by atoms with E-state index in [0.717, 1.165) is 6.20 Å². The van der Waals surface area contributed by atoms with Crippen molar-refractivity contribution in [1.82, 2.24) is 9.97 Å². The Balaban J connectivity index is 2.11. The van der Waals surface area contributed by atoms with E-state index in [-0.39, 0.29) is 11.6 Å². The second kappa shape index (κ2) is 6.84. The van der Waals surface area contributed by atoms with Crippen molar-refractivity contribution >= 4 is 11.5 Å². The van der Waals surface area contributed by atoms with E-state index in [0.29, 0.717) is 16.8 Å². The highest BCUT2D eigenvalue weighted by Gasteiger charge is 2.36. The number of rotatable bonds is 3. The van der Waals surface area contributed by atoms with E-state index in [1.807, 2.05) is 6.07 Å². The Morgan fingerprint density at radius 2 is 1.65 bits per heavy atom. The molecule has 7 heteroatoms. The van der Waals surface area contributed by atoms with Gasteiger partial charge in [-0.2, -0.15) is 18.4 Å². The number of hydrogen-bond donors (Lipinski definition) is 0. The number of anilines is 2.